The van der Waals surface area contributed by atoms with Gasteiger partial charge in [0.05, 0.1) is 24.5 Å². The molecule has 2 aromatic rings. The molecule has 2 fully saturated rings. The minimum Gasteiger partial charge on any atom is -0.379 e. The first-order chi connectivity index (χ1) is 18.4. The van der Waals surface area contributed by atoms with Crippen LogP contribution in [0.4, 0.5) is 5.82 Å². The van der Waals surface area contributed by atoms with E-state index in [1.807, 2.05) is 32.9 Å². The number of benzene rings is 1. The molecular weight excluding hydrogens is 476 g/mol. The van der Waals surface area contributed by atoms with Gasteiger partial charge in [0.1, 0.15) is 12.1 Å². The molecule has 1 amide bonds. The zero-order valence-electron chi connectivity index (χ0n) is 23.8. The number of anilines is 1. The molecule has 0 radical (unpaired) electrons. The number of nitrogens with one attached hydrogen (secondary N) is 2. The molecule has 1 atom stereocenters. The number of aromatic nitrogens is 2. The number of nitrogens with zero attached hydrogens (tertiary/aromatic N) is 3. The Morgan fingerprint density at radius 1 is 1.13 bits per heavy atom. The topological polar surface area (TPSA) is 105 Å². The number of morpholine rings is 1. The summed E-state index contributed by atoms with van der Waals surface area (Å²) in [6.45, 7) is 18.1. The molecule has 0 aliphatic carbocycles. The predicted molar refractivity (Wildman–Crippen MR) is 158 cm³/mol. The van der Waals surface area contributed by atoms with Crippen LogP contribution in [0.3, 0.4) is 0 Å². The number of rotatable bonds is 7. The summed E-state index contributed by atoms with van der Waals surface area (Å²) >= 11 is 0. The van der Waals surface area contributed by atoms with Crippen molar-refractivity contribution < 1.29 is 9.53 Å². The van der Waals surface area contributed by atoms with Crippen molar-refractivity contribution in [2.24, 2.45) is 5.73 Å². The number of ether oxygens (including phenoxy) is 1. The Morgan fingerprint density at radius 2 is 1.76 bits per heavy atom. The van der Waals surface area contributed by atoms with E-state index < -0.39 is 5.91 Å². The second-order valence-electron chi connectivity index (χ2n) is 9.15. The quantitative estimate of drug-likeness (QED) is 0.361. The van der Waals surface area contributed by atoms with Crippen LogP contribution in [0.2, 0.25) is 0 Å². The third-order valence-electron chi connectivity index (χ3n) is 6.72. The van der Waals surface area contributed by atoms with Gasteiger partial charge in [0, 0.05) is 31.7 Å². The smallest absolute Gasteiger partial charge is 0.250 e. The van der Waals surface area contributed by atoms with Gasteiger partial charge in [0.15, 0.2) is 0 Å². The van der Waals surface area contributed by atoms with Gasteiger partial charge in [-0.15, -0.1) is 0 Å². The van der Waals surface area contributed by atoms with E-state index in [0.717, 1.165) is 37.4 Å². The van der Waals surface area contributed by atoms with Gasteiger partial charge < -0.3 is 21.1 Å². The zero-order valence-corrected chi connectivity index (χ0v) is 23.8. The average molecular weight is 523 g/mol. The molecule has 8 heteroatoms. The summed E-state index contributed by atoms with van der Waals surface area (Å²) in [4.78, 5) is 23.0. The SMILES string of the molecule is C1CCNCC1.C=C(/C=C(/C(N)=O)c1ncnc(NC)c1C)c1ccc(C(C)N2CCOCC2)cc1.CC. The van der Waals surface area contributed by atoms with Gasteiger partial charge in [-0.3, -0.25) is 9.69 Å². The standard InChI is InChI=1S/C23H29N5O2.C5H11N.C2H6/c1-15(13-20(22(24)29)21-16(2)23(25-4)27-14-26-21)18-5-7-19(8-6-18)17(3)28-9-11-30-12-10-28;1-2-4-6-5-3-1;1-2/h5-8,13-14,17H,1,9-12H2,2-4H3,(H2,24,29)(H,25,26,27);6H,1-5H2;1-2H3/b20-13+;;. The van der Waals surface area contributed by atoms with Crippen molar-refractivity contribution in [3.63, 3.8) is 0 Å². The molecule has 1 unspecified atom stereocenters. The Labute approximate surface area is 228 Å². The molecule has 8 nitrogen and oxygen atoms in total. The first kappa shape index (κ1) is 31.1. The summed E-state index contributed by atoms with van der Waals surface area (Å²) in [5, 5.41) is 6.28. The van der Waals surface area contributed by atoms with Crippen molar-refractivity contribution in [1.82, 2.24) is 20.2 Å². The number of primary amides is 1. The van der Waals surface area contributed by atoms with Gasteiger partial charge >= 0.3 is 0 Å². The third-order valence-corrected chi connectivity index (χ3v) is 6.72. The van der Waals surface area contributed by atoms with E-state index in [2.05, 4.69) is 51.1 Å². The number of hydrogen-bond acceptors (Lipinski definition) is 7. The van der Waals surface area contributed by atoms with Crippen molar-refractivity contribution in [1.29, 1.82) is 0 Å². The van der Waals surface area contributed by atoms with Gasteiger partial charge in [-0.05, 0) is 62.6 Å². The summed E-state index contributed by atoms with van der Waals surface area (Å²) in [7, 11) is 1.77. The molecule has 208 valence electrons. The third kappa shape index (κ3) is 9.04. The Bertz CT molecular complexity index is 1030. The van der Waals surface area contributed by atoms with E-state index in [9.17, 15) is 4.79 Å². The Hall–Kier alpha value is -3.07. The van der Waals surface area contributed by atoms with Gasteiger partial charge in [-0.1, -0.05) is 51.1 Å². The lowest BCUT2D eigenvalue weighted by molar-refractivity contribution is -0.112. The minimum absolute atomic E-state index is 0.308. The van der Waals surface area contributed by atoms with Crippen molar-refractivity contribution in [3.8, 4) is 0 Å². The largest absolute Gasteiger partial charge is 0.379 e. The van der Waals surface area contributed by atoms with Gasteiger partial charge in [-0.2, -0.15) is 0 Å². The molecular formula is C30H46N6O2. The van der Waals surface area contributed by atoms with E-state index in [1.165, 1.54) is 44.2 Å². The highest BCUT2D eigenvalue weighted by Gasteiger charge is 2.19. The van der Waals surface area contributed by atoms with E-state index in [4.69, 9.17) is 10.5 Å². The maximum atomic E-state index is 12.2. The summed E-state index contributed by atoms with van der Waals surface area (Å²) in [5.74, 6) is 0.0942. The van der Waals surface area contributed by atoms with E-state index in [-0.39, 0.29) is 0 Å². The fourth-order valence-corrected chi connectivity index (χ4v) is 4.44. The molecule has 1 aromatic heterocycles. The Balaban J connectivity index is 0.000000548. The van der Waals surface area contributed by atoms with Crippen LogP contribution < -0.4 is 16.4 Å². The molecule has 1 aromatic carbocycles. The van der Waals surface area contributed by atoms with Gasteiger partial charge in [0.25, 0.3) is 5.91 Å². The number of amides is 1. The highest BCUT2D eigenvalue weighted by atomic mass is 16.5. The molecule has 38 heavy (non-hydrogen) atoms. The van der Waals surface area contributed by atoms with Crippen LogP contribution in [0, 0.1) is 6.92 Å². The number of carbonyl (C=O) groups is 1. The maximum Gasteiger partial charge on any atom is 0.250 e. The van der Waals surface area contributed by atoms with Crippen molar-refractivity contribution >= 4 is 22.9 Å². The van der Waals surface area contributed by atoms with Crippen LogP contribution in [0.1, 0.15) is 68.5 Å². The molecule has 0 saturated carbocycles. The lowest BCUT2D eigenvalue weighted by atomic mass is 9.98. The highest BCUT2D eigenvalue weighted by Crippen LogP contribution is 2.27. The maximum absolute atomic E-state index is 12.2. The molecule has 4 N–H and O–H groups in total. The summed E-state index contributed by atoms with van der Waals surface area (Å²) < 4.78 is 5.44. The molecule has 2 aliphatic heterocycles. The second-order valence-corrected chi connectivity index (χ2v) is 9.15. The number of hydrogen-bond donors (Lipinski definition) is 3. The molecule has 2 aliphatic rings. The molecule has 4 rings (SSSR count). The van der Waals surface area contributed by atoms with Crippen molar-refractivity contribution in [2.75, 3.05) is 51.8 Å². The van der Waals surface area contributed by atoms with Crippen LogP contribution in [-0.4, -0.2) is 67.2 Å². The van der Waals surface area contributed by atoms with Gasteiger partial charge in [-0.25, -0.2) is 9.97 Å². The highest BCUT2D eigenvalue weighted by molar-refractivity contribution is 6.20. The predicted octanol–water partition coefficient (Wildman–Crippen LogP) is 4.59. The van der Waals surface area contributed by atoms with Crippen LogP contribution in [0.25, 0.3) is 11.1 Å². The second kappa shape index (κ2) is 16.7. The van der Waals surface area contributed by atoms with Crippen LogP contribution >= 0.6 is 0 Å². The van der Waals surface area contributed by atoms with Gasteiger partial charge in [0.2, 0.25) is 0 Å². The monoisotopic (exact) mass is 522 g/mol. The molecule has 2 saturated heterocycles. The Kier molecular flexibility index (Phi) is 13.7. The van der Waals surface area contributed by atoms with Crippen LogP contribution in [0.5, 0.6) is 0 Å². The Morgan fingerprint density at radius 3 is 2.26 bits per heavy atom. The van der Waals surface area contributed by atoms with Crippen LogP contribution in [-0.2, 0) is 9.53 Å². The number of carbonyl (C=O) groups excluding carboxylic acids is 1. The van der Waals surface area contributed by atoms with Crippen molar-refractivity contribution in [3.05, 3.63) is 65.6 Å². The molecule has 0 bridgehead atoms. The summed E-state index contributed by atoms with van der Waals surface area (Å²) in [6.07, 6.45) is 7.32. The minimum atomic E-state index is -0.558. The number of piperidine rings is 1. The fourth-order valence-electron chi connectivity index (χ4n) is 4.44. The first-order valence-corrected chi connectivity index (χ1v) is 13.7. The lowest BCUT2D eigenvalue weighted by Gasteiger charge is -2.32. The zero-order chi connectivity index (χ0) is 27.9. The summed E-state index contributed by atoms with van der Waals surface area (Å²) in [6, 6.07) is 8.57. The van der Waals surface area contributed by atoms with E-state index in [0.29, 0.717) is 28.7 Å². The van der Waals surface area contributed by atoms with E-state index >= 15 is 0 Å². The lowest BCUT2D eigenvalue weighted by Crippen LogP contribution is -2.37. The average Bonchev–Trinajstić information content (AvgIpc) is 2.98. The number of allylic oxidation sites excluding steroid dienone is 2. The molecule has 0 spiro atoms. The fraction of sp³-hybridized carbons (Fsp3) is 0.500. The van der Waals surface area contributed by atoms with Crippen LogP contribution in [0.15, 0.2) is 43.2 Å². The summed E-state index contributed by atoms with van der Waals surface area (Å²) in [5.41, 5.74) is 10.1. The normalized spacial score (nSPS) is 16.7. The first-order valence-electron chi connectivity index (χ1n) is 13.7. The number of nitrogens with two attached hydrogens (primary N) is 1. The van der Waals surface area contributed by atoms with E-state index in [1.54, 1.807) is 13.1 Å². The molecule has 3 heterocycles. The van der Waals surface area contributed by atoms with Crippen molar-refractivity contribution in [2.45, 2.75) is 53.0 Å².